The van der Waals surface area contributed by atoms with Gasteiger partial charge in [0.05, 0.1) is 12.2 Å². The number of carboxylic acids is 1. The Morgan fingerprint density at radius 2 is 2.08 bits per heavy atom. The third kappa shape index (κ3) is 6.82. The first-order chi connectivity index (χ1) is 5.57. The summed E-state index contributed by atoms with van der Waals surface area (Å²) in [4.78, 5) is 20.8. The van der Waals surface area contributed by atoms with Gasteiger partial charge in [0.25, 0.3) is 0 Å². The van der Waals surface area contributed by atoms with Gasteiger partial charge in [-0.15, -0.1) is 0 Å². The van der Waals surface area contributed by atoms with E-state index in [9.17, 15) is 9.59 Å². The van der Waals surface area contributed by atoms with E-state index in [2.05, 4.69) is 10.1 Å². The Morgan fingerprint density at radius 1 is 1.54 bits per heavy atom. The molecule has 0 unspecified atom stereocenters. The number of ether oxygens (including phenoxy) is 1. The third-order valence-corrected chi connectivity index (χ3v) is 1.02. The van der Waals surface area contributed by atoms with E-state index < -0.39 is 12.1 Å². The van der Waals surface area contributed by atoms with Crippen LogP contribution in [0.1, 0.15) is 13.8 Å². The van der Waals surface area contributed by atoms with Crippen LogP contribution >= 0.6 is 0 Å². The molecular formula is C7H13NO5. The Labute approximate surface area is 75.5 Å². The molecule has 0 saturated carbocycles. The van der Waals surface area contributed by atoms with Crippen molar-refractivity contribution in [3.63, 3.8) is 0 Å². The van der Waals surface area contributed by atoms with Crippen LogP contribution in [0.25, 0.3) is 0 Å². The van der Waals surface area contributed by atoms with Gasteiger partial charge < -0.3 is 15.3 Å². The number of carbonyl (C=O) groups is 2. The van der Waals surface area contributed by atoms with Gasteiger partial charge in [-0.3, -0.25) is 5.32 Å². The minimum absolute atomic E-state index is 0. The molecule has 0 spiro atoms. The summed E-state index contributed by atoms with van der Waals surface area (Å²) in [5.41, 5.74) is 0.0445. The molecule has 0 aromatic heterocycles. The number of amides is 1. The second-order valence-electron chi connectivity index (χ2n) is 2.00. The van der Waals surface area contributed by atoms with E-state index in [1.165, 1.54) is 6.92 Å². The van der Waals surface area contributed by atoms with Gasteiger partial charge in [-0.25, -0.2) is 9.59 Å². The Bertz CT molecular complexity index is 211. The zero-order chi connectivity index (χ0) is 9.56. The average Bonchev–Trinajstić information content (AvgIpc) is 2.00. The van der Waals surface area contributed by atoms with Gasteiger partial charge in [-0.2, -0.15) is 0 Å². The summed E-state index contributed by atoms with van der Waals surface area (Å²) in [6.45, 7) is 3.29. The quantitative estimate of drug-likeness (QED) is 0.607. The van der Waals surface area contributed by atoms with Crippen molar-refractivity contribution in [3.05, 3.63) is 11.8 Å². The second-order valence-corrected chi connectivity index (χ2v) is 2.00. The van der Waals surface area contributed by atoms with Crippen molar-refractivity contribution in [2.45, 2.75) is 13.8 Å². The van der Waals surface area contributed by atoms with Crippen LogP contribution in [-0.4, -0.2) is 29.3 Å². The van der Waals surface area contributed by atoms with E-state index in [0.717, 1.165) is 6.20 Å². The molecule has 0 aliphatic heterocycles. The van der Waals surface area contributed by atoms with Crippen molar-refractivity contribution in [1.29, 1.82) is 0 Å². The van der Waals surface area contributed by atoms with Gasteiger partial charge in [0, 0.05) is 6.20 Å². The molecule has 0 saturated heterocycles. The number of hydrogen-bond donors (Lipinski definition) is 2. The van der Waals surface area contributed by atoms with E-state index in [1.807, 2.05) is 0 Å². The van der Waals surface area contributed by atoms with E-state index >= 15 is 0 Å². The fourth-order valence-electron chi connectivity index (χ4n) is 0.402. The van der Waals surface area contributed by atoms with Crippen molar-refractivity contribution in [3.8, 4) is 0 Å². The number of nitrogens with one attached hydrogen (secondary N) is 1. The number of aliphatic carboxylic acids is 1. The number of carboxylic acid groups (broad SMARTS) is 1. The van der Waals surface area contributed by atoms with Crippen molar-refractivity contribution in [1.82, 2.24) is 5.32 Å². The zero-order valence-electron chi connectivity index (χ0n) is 7.46. The molecule has 76 valence electrons. The summed E-state index contributed by atoms with van der Waals surface area (Å²) in [5, 5.41) is 10.5. The van der Waals surface area contributed by atoms with Crippen LogP contribution in [0.2, 0.25) is 0 Å². The maximum absolute atomic E-state index is 10.6. The first kappa shape index (κ1) is 14.0. The largest absolute Gasteiger partial charge is 0.478 e. The molecule has 0 radical (unpaired) electrons. The maximum Gasteiger partial charge on any atom is 0.411 e. The van der Waals surface area contributed by atoms with Crippen LogP contribution in [0.3, 0.4) is 0 Å². The predicted octanol–water partition coefficient (Wildman–Crippen LogP) is -0.104. The highest BCUT2D eigenvalue weighted by atomic mass is 16.5. The molecule has 0 fully saturated rings. The van der Waals surface area contributed by atoms with Crippen molar-refractivity contribution in [2.24, 2.45) is 0 Å². The molecule has 6 nitrogen and oxygen atoms in total. The van der Waals surface area contributed by atoms with Crippen molar-refractivity contribution < 1.29 is 24.9 Å². The molecule has 0 rings (SSSR count). The Hall–Kier alpha value is -1.56. The van der Waals surface area contributed by atoms with Gasteiger partial charge in [0.1, 0.15) is 0 Å². The minimum Gasteiger partial charge on any atom is -0.478 e. The number of carbonyl (C=O) groups excluding carboxylic acids is 1. The van der Waals surface area contributed by atoms with Gasteiger partial charge in [0.2, 0.25) is 0 Å². The highest BCUT2D eigenvalue weighted by Gasteiger charge is 2.01. The summed E-state index contributed by atoms with van der Waals surface area (Å²) < 4.78 is 4.48. The standard InChI is InChI=1S/C7H11NO4.H2O/c1-3-12-7(11)8-4-5(2)6(9)10;/h4H,3H2,1-2H3,(H,8,11)(H,9,10);1H2. The lowest BCUT2D eigenvalue weighted by Gasteiger charge is -1.99. The van der Waals surface area contributed by atoms with Crippen LogP contribution in [0.4, 0.5) is 4.79 Å². The number of rotatable bonds is 3. The second kappa shape index (κ2) is 7.11. The smallest absolute Gasteiger partial charge is 0.411 e. The molecule has 0 aromatic rings. The molecule has 0 atom stereocenters. The van der Waals surface area contributed by atoms with Gasteiger partial charge >= 0.3 is 12.1 Å². The van der Waals surface area contributed by atoms with E-state index in [-0.39, 0.29) is 17.7 Å². The Balaban J connectivity index is 0. The number of alkyl carbamates (subject to hydrolysis) is 1. The lowest BCUT2D eigenvalue weighted by atomic mass is 10.3. The minimum atomic E-state index is -1.08. The van der Waals surface area contributed by atoms with E-state index in [4.69, 9.17) is 5.11 Å². The van der Waals surface area contributed by atoms with Crippen molar-refractivity contribution >= 4 is 12.1 Å². The summed E-state index contributed by atoms with van der Waals surface area (Å²) in [7, 11) is 0. The molecule has 4 N–H and O–H groups in total. The SMILES string of the molecule is CCOC(=O)NC=C(C)C(=O)O.O. The third-order valence-electron chi connectivity index (χ3n) is 1.02. The van der Waals surface area contributed by atoms with Crippen LogP contribution in [0, 0.1) is 0 Å². The Morgan fingerprint density at radius 3 is 2.46 bits per heavy atom. The molecule has 1 amide bonds. The maximum atomic E-state index is 10.6. The van der Waals surface area contributed by atoms with Crippen LogP contribution in [0.15, 0.2) is 11.8 Å². The molecule has 0 aromatic carbocycles. The molecule has 6 heteroatoms. The van der Waals surface area contributed by atoms with Crippen molar-refractivity contribution in [2.75, 3.05) is 6.61 Å². The first-order valence-electron chi connectivity index (χ1n) is 3.41. The zero-order valence-corrected chi connectivity index (χ0v) is 7.46. The van der Waals surface area contributed by atoms with Gasteiger partial charge in [-0.05, 0) is 13.8 Å². The summed E-state index contributed by atoms with van der Waals surface area (Å²) >= 11 is 0. The highest BCUT2D eigenvalue weighted by Crippen LogP contribution is 1.88. The molecule has 0 heterocycles. The fraction of sp³-hybridized carbons (Fsp3) is 0.429. The Kier molecular flexibility index (Phi) is 7.65. The predicted molar refractivity (Wildman–Crippen MR) is 45.2 cm³/mol. The van der Waals surface area contributed by atoms with Crippen LogP contribution in [0.5, 0.6) is 0 Å². The fourth-order valence-corrected chi connectivity index (χ4v) is 0.402. The monoisotopic (exact) mass is 191 g/mol. The number of hydrogen-bond acceptors (Lipinski definition) is 3. The van der Waals surface area contributed by atoms with Crippen LogP contribution in [-0.2, 0) is 9.53 Å². The molecule has 0 aliphatic carbocycles. The van der Waals surface area contributed by atoms with Crippen LogP contribution < -0.4 is 5.32 Å². The molecular weight excluding hydrogens is 178 g/mol. The summed E-state index contributed by atoms with van der Waals surface area (Å²) in [6.07, 6.45) is 0.429. The lowest BCUT2D eigenvalue weighted by Crippen LogP contribution is -2.19. The van der Waals surface area contributed by atoms with Gasteiger partial charge in [0.15, 0.2) is 0 Å². The van der Waals surface area contributed by atoms with E-state index in [0.29, 0.717) is 0 Å². The average molecular weight is 191 g/mol. The molecule has 13 heavy (non-hydrogen) atoms. The normalized spacial score (nSPS) is 9.85. The van der Waals surface area contributed by atoms with Gasteiger partial charge in [-0.1, -0.05) is 0 Å². The summed E-state index contributed by atoms with van der Waals surface area (Å²) in [6, 6.07) is 0. The lowest BCUT2D eigenvalue weighted by molar-refractivity contribution is -0.132. The molecule has 0 aliphatic rings. The molecule has 0 bridgehead atoms. The van der Waals surface area contributed by atoms with E-state index in [1.54, 1.807) is 6.92 Å². The highest BCUT2D eigenvalue weighted by molar-refractivity contribution is 5.86. The topological polar surface area (TPSA) is 107 Å². The first-order valence-corrected chi connectivity index (χ1v) is 3.41. The summed E-state index contributed by atoms with van der Waals surface area (Å²) in [5.74, 6) is -1.08.